The van der Waals surface area contributed by atoms with Gasteiger partial charge in [0.25, 0.3) is 0 Å². The fraction of sp³-hybridized carbons (Fsp3) is 0.333. The zero-order valence-electron chi connectivity index (χ0n) is 21.8. The highest BCUT2D eigenvalue weighted by Gasteiger charge is 2.31. The summed E-state index contributed by atoms with van der Waals surface area (Å²) in [5, 5.41) is 18.1. The Kier molecular flexibility index (Phi) is 10.4. The number of phenols is 1. The first kappa shape index (κ1) is 28.1. The van der Waals surface area contributed by atoms with Crippen molar-refractivity contribution in [3.8, 4) is 5.75 Å². The molecule has 1 fully saturated rings. The van der Waals surface area contributed by atoms with E-state index in [2.05, 4.69) is 59.2 Å². The number of rotatable bonds is 8. The second kappa shape index (κ2) is 13.7. The van der Waals surface area contributed by atoms with E-state index < -0.39 is 5.97 Å². The monoisotopic (exact) mass is 503 g/mol. The van der Waals surface area contributed by atoms with Crippen LogP contribution in [0.3, 0.4) is 0 Å². The topological polar surface area (TPSA) is 84.3 Å². The van der Waals surface area contributed by atoms with Gasteiger partial charge in [0.2, 0.25) is 0 Å². The van der Waals surface area contributed by atoms with Crippen molar-refractivity contribution in [3.63, 3.8) is 0 Å². The number of phenolic OH excluding ortho intramolecular Hbond substituents is 1. The second-order valence-electron chi connectivity index (χ2n) is 9.72. The van der Waals surface area contributed by atoms with Gasteiger partial charge in [0.1, 0.15) is 12.0 Å². The van der Waals surface area contributed by atoms with Gasteiger partial charge < -0.3 is 10.2 Å². The third kappa shape index (κ3) is 8.53. The van der Waals surface area contributed by atoms with Gasteiger partial charge in [0.05, 0.1) is 12.6 Å². The quantitative estimate of drug-likeness (QED) is 0.447. The summed E-state index contributed by atoms with van der Waals surface area (Å²) in [5.41, 5.74) is 4.13. The minimum atomic E-state index is -0.787. The number of carbonyl (C=O) groups excluding carboxylic acids is 1. The highest BCUT2D eigenvalue weighted by molar-refractivity contribution is 5.75. The third-order valence-electron chi connectivity index (χ3n) is 6.34. The lowest BCUT2D eigenvalue weighted by Crippen LogP contribution is -2.52. The average molecular weight is 504 g/mol. The first-order valence-corrected chi connectivity index (χ1v) is 12.5. The number of nitrogens with zero attached hydrogens (tertiary/aromatic N) is 3. The van der Waals surface area contributed by atoms with Crippen LogP contribution < -0.4 is 0 Å². The molecular formula is C30H37N3O4. The van der Waals surface area contributed by atoms with E-state index in [1.165, 1.54) is 5.56 Å². The van der Waals surface area contributed by atoms with Crippen LogP contribution in [-0.4, -0.2) is 83.5 Å². The molecule has 2 unspecified atom stereocenters. The predicted octanol–water partition coefficient (Wildman–Crippen LogP) is 4.13. The zero-order chi connectivity index (χ0) is 26.8. The van der Waals surface area contributed by atoms with Gasteiger partial charge in [-0.05, 0) is 55.9 Å². The van der Waals surface area contributed by atoms with Crippen LogP contribution in [0.15, 0.2) is 78.9 Å². The molecule has 4 rings (SSSR count). The fourth-order valence-corrected chi connectivity index (χ4v) is 4.76. The van der Waals surface area contributed by atoms with Gasteiger partial charge >= 0.3 is 5.97 Å². The van der Waals surface area contributed by atoms with Crippen molar-refractivity contribution in [1.82, 2.24) is 14.7 Å². The fourth-order valence-electron chi connectivity index (χ4n) is 4.76. The number of piperazine rings is 1. The van der Waals surface area contributed by atoms with Crippen LogP contribution >= 0.6 is 0 Å². The summed E-state index contributed by atoms with van der Waals surface area (Å²) in [6.07, 6.45) is 0.893. The molecule has 1 aliphatic heterocycles. The summed E-state index contributed by atoms with van der Waals surface area (Å²) in [4.78, 5) is 27.7. The number of benzene rings is 3. The van der Waals surface area contributed by atoms with Crippen LogP contribution in [0.25, 0.3) is 0 Å². The molecule has 0 aliphatic carbocycles. The van der Waals surface area contributed by atoms with E-state index >= 15 is 0 Å². The summed E-state index contributed by atoms with van der Waals surface area (Å²) >= 11 is 0. The highest BCUT2D eigenvalue weighted by Crippen LogP contribution is 2.33. The predicted molar refractivity (Wildman–Crippen MR) is 146 cm³/mol. The summed E-state index contributed by atoms with van der Waals surface area (Å²) in [7, 11) is 3.43. The van der Waals surface area contributed by atoms with Gasteiger partial charge in [-0.15, -0.1) is 0 Å². The summed E-state index contributed by atoms with van der Waals surface area (Å²) < 4.78 is 0. The summed E-state index contributed by atoms with van der Waals surface area (Å²) in [5.74, 6) is -0.524. The number of hydrogen-bond acceptors (Lipinski definition) is 6. The normalized spacial score (nSPS) is 17.0. The molecule has 2 atom stereocenters. The van der Waals surface area contributed by atoms with E-state index in [1.54, 1.807) is 25.1 Å². The first-order chi connectivity index (χ1) is 17.8. The van der Waals surface area contributed by atoms with Crippen molar-refractivity contribution >= 4 is 12.3 Å². The lowest BCUT2D eigenvalue weighted by molar-refractivity contribution is -0.137. The van der Waals surface area contributed by atoms with Crippen LogP contribution in [0.5, 0.6) is 5.75 Å². The maximum absolute atomic E-state index is 11.4. The largest absolute Gasteiger partial charge is 0.508 e. The molecule has 1 saturated heterocycles. The molecule has 0 aromatic heterocycles. The van der Waals surface area contributed by atoms with Gasteiger partial charge in [0.15, 0.2) is 0 Å². The molecule has 3 aromatic rings. The maximum Gasteiger partial charge on any atom is 0.317 e. The van der Waals surface area contributed by atoms with Crippen LogP contribution in [0, 0.1) is 0 Å². The van der Waals surface area contributed by atoms with Crippen LogP contribution in [0.2, 0.25) is 0 Å². The van der Waals surface area contributed by atoms with E-state index in [1.807, 2.05) is 30.3 Å². The Hall–Kier alpha value is -3.52. The van der Waals surface area contributed by atoms with Crippen molar-refractivity contribution in [2.45, 2.75) is 25.6 Å². The van der Waals surface area contributed by atoms with Gasteiger partial charge in [0, 0.05) is 37.8 Å². The van der Waals surface area contributed by atoms with Crippen LogP contribution in [0.1, 0.15) is 40.0 Å². The number of carboxylic acids is 1. The average Bonchev–Trinajstić information content (AvgIpc) is 2.86. The molecule has 196 valence electrons. The molecule has 7 nitrogen and oxygen atoms in total. The molecule has 0 saturated carbocycles. The van der Waals surface area contributed by atoms with Gasteiger partial charge in [-0.3, -0.25) is 24.3 Å². The molecule has 3 aromatic carbocycles. The summed E-state index contributed by atoms with van der Waals surface area (Å²) in [6, 6.07) is 26.2. The Bertz CT molecular complexity index is 1150. The van der Waals surface area contributed by atoms with Crippen LogP contribution in [0.4, 0.5) is 0 Å². The van der Waals surface area contributed by atoms with Crippen LogP contribution in [-0.2, 0) is 11.3 Å². The summed E-state index contributed by atoms with van der Waals surface area (Å²) in [6.45, 7) is 6.19. The first-order valence-electron chi connectivity index (χ1n) is 12.5. The van der Waals surface area contributed by atoms with Crippen molar-refractivity contribution < 1.29 is 19.8 Å². The van der Waals surface area contributed by atoms with Gasteiger partial charge in [-0.1, -0.05) is 60.7 Å². The SMILES string of the molecule is CC1CN(Cc2ccccc2)CCN1C(c1cccc(O)c1)c1cccc(C=O)c1.CN(C)CC(=O)O. The van der Waals surface area contributed by atoms with Crippen molar-refractivity contribution in [2.24, 2.45) is 0 Å². The number of aromatic hydroxyl groups is 1. The Morgan fingerprint density at radius 3 is 2.24 bits per heavy atom. The number of carbonyl (C=O) groups is 2. The Labute approximate surface area is 219 Å². The van der Waals surface area contributed by atoms with E-state index in [9.17, 15) is 14.7 Å². The van der Waals surface area contributed by atoms with E-state index in [-0.39, 0.29) is 18.3 Å². The standard InChI is InChI=1S/C26H28N2O2.C4H9NO2/c1-20-17-27(18-21-7-3-2-4-8-21)13-14-28(20)26(24-11-6-12-25(30)16-24)23-10-5-9-22(15-23)19-29;1-5(2)3-4(6)7/h2-12,15-16,19-20,26,30H,13-14,17-18H2,1H3;3H2,1-2H3,(H,6,7). The molecule has 37 heavy (non-hydrogen) atoms. The van der Waals surface area contributed by atoms with E-state index in [0.29, 0.717) is 11.6 Å². The number of likely N-dealkylation sites (N-methyl/N-ethyl adjacent to an activating group) is 1. The smallest absolute Gasteiger partial charge is 0.317 e. The molecule has 0 radical (unpaired) electrons. The Balaban J connectivity index is 0.000000479. The third-order valence-corrected chi connectivity index (χ3v) is 6.34. The van der Waals surface area contributed by atoms with Gasteiger partial charge in [-0.2, -0.15) is 0 Å². The molecular weight excluding hydrogens is 466 g/mol. The number of aldehydes is 1. The molecule has 0 bridgehead atoms. The zero-order valence-corrected chi connectivity index (χ0v) is 21.8. The van der Waals surface area contributed by atoms with E-state index in [0.717, 1.165) is 43.6 Å². The minimum Gasteiger partial charge on any atom is -0.508 e. The van der Waals surface area contributed by atoms with Crippen molar-refractivity contribution in [3.05, 3.63) is 101 Å². The number of hydrogen-bond donors (Lipinski definition) is 2. The molecule has 0 amide bonds. The lowest BCUT2D eigenvalue weighted by Gasteiger charge is -2.44. The number of carboxylic acid groups (broad SMARTS) is 1. The second-order valence-corrected chi connectivity index (χ2v) is 9.72. The molecule has 2 N–H and O–H groups in total. The Morgan fingerprint density at radius 1 is 1.00 bits per heavy atom. The van der Waals surface area contributed by atoms with Crippen molar-refractivity contribution in [1.29, 1.82) is 0 Å². The highest BCUT2D eigenvalue weighted by atomic mass is 16.4. The molecule has 1 heterocycles. The lowest BCUT2D eigenvalue weighted by atomic mass is 9.93. The van der Waals surface area contributed by atoms with E-state index in [4.69, 9.17) is 5.11 Å². The Morgan fingerprint density at radius 2 is 1.68 bits per heavy atom. The molecule has 0 spiro atoms. The number of aliphatic carboxylic acids is 1. The van der Waals surface area contributed by atoms with Crippen molar-refractivity contribution in [2.75, 3.05) is 40.3 Å². The molecule has 7 heteroatoms. The van der Waals surface area contributed by atoms with Gasteiger partial charge in [-0.25, -0.2) is 0 Å². The molecule has 1 aliphatic rings. The minimum absolute atomic E-state index is 0.00845. The maximum atomic E-state index is 11.4.